The number of aromatic nitrogens is 2. The molecule has 0 bridgehead atoms. The molecule has 0 radical (unpaired) electrons. The lowest BCUT2D eigenvalue weighted by Gasteiger charge is -2.13. The summed E-state index contributed by atoms with van der Waals surface area (Å²) >= 11 is 1.08. The van der Waals surface area contributed by atoms with Crippen LogP contribution >= 0.6 is 11.3 Å². The van der Waals surface area contributed by atoms with E-state index in [0.717, 1.165) is 16.9 Å². The predicted octanol–water partition coefficient (Wildman–Crippen LogP) is 2.40. The third-order valence-corrected chi connectivity index (χ3v) is 5.71. The van der Waals surface area contributed by atoms with Gasteiger partial charge in [-0.2, -0.15) is 0 Å². The van der Waals surface area contributed by atoms with Crippen LogP contribution in [0.4, 0.5) is 0 Å². The van der Waals surface area contributed by atoms with Crippen LogP contribution < -0.4 is 10.2 Å². The van der Waals surface area contributed by atoms with Gasteiger partial charge < -0.3 is 5.32 Å². The van der Waals surface area contributed by atoms with Gasteiger partial charge in [-0.05, 0) is 37.1 Å². The number of imide groups is 1. The van der Waals surface area contributed by atoms with Crippen molar-refractivity contribution in [3.8, 4) is 17.1 Å². The molecule has 0 saturated carbocycles. The zero-order valence-electron chi connectivity index (χ0n) is 17.1. The lowest BCUT2D eigenvalue weighted by atomic mass is 10.1. The number of carbonyl (C=O) groups is 3. The van der Waals surface area contributed by atoms with Crippen LogP contribution in [-0.4, -0.2) is 45.3 Å². The van der Waals surface area contributed by atoms with Gasteiger partial charge in [0.15, 0.2) is 0 Å². The van der Waals surface area contributed by atoms with Crippen LogP contribution in [0.25, 0.3) is 17.1 Å². The molecule has 32 heavy (non-hydrogen) atoms. The molecule has 0 aliphatic carbocycles. The molecule has 0 unspecified atom stereocenters. The summed E-state index contributed by atoms with van der Waals surface area (Å²) in [6.07, 6.45) is 5.38. The lowest BCUT2D eigenvalue weighted by Crippen LogP contribution is -2.31. The molecule has 3 heterocycles. The second-order valence-electron chi connectivity index (χ2n) is 7.12. The predicted molar refractivity (Wildman–Crippen MR) is 121 cm³/mol. The number of hydrogen-bond donors (Lipinski definition) is 1. The summed E-state index contributed by atoms with van der Waals surface area (Å²) in [7, 11) is 0. The molecule has 0 spiro atoms. The third-order valence-electron chi connectivity index (χ3n) is 4.99. The summed E-state index contributed by atoms with van der Waals surface area (Å²) < 4.78 is 1.53. The first-order valence-electron chi connectivity index (χ1n) is 10.1. The fraction of sp³-hybridized carbons (Fsp3) is 0.174. The van der Waals surface area contributed by atoms with Crippen molar-refractivity contribution in [1.29, 1.82) is 0 Å². The highest BCUT2D eigenvalue weighted by Crippen LogP contribution is 2.23. The van der Waals surface area contributed by atoms with Crippen molar-refractivity contribution < 1.29 is 14.4 Å². The Morgan fingerprint density at radius 1 is 1.00 bits per heavy atom. The van der Waals surface area contributed by atoms with Crippen molar-refractivity contribution in [2.75, 3.05) is 13.1 Å². The normalized spacial score (nSPS) is 13.1. The minimum atomic E-state index is -0.298. The van der Waals surface area contributed by atoms with Gasteiger partial charge in [0.05, 0.1) is 5.69 Å². The highest BCUT2D eigenvalue weighted by Gasteiger charge is 2.22. The molecule has 4 rings (SSSR count). The summed E-state index contributed by atoms with van der Waals surface area (Å²) in [5.41, 5.74) is 1.88. The number of hydrogen-bond acceptors (Lipinski definition) is 6. The van der Waals surface area contributed by atoms with E-state index in [4.69, 9.17) is 0 Å². The fourth-order valence-corrected chi connectivity index (χ4v) is 4.13. The largest absolute Gasteiger partial charge is 0.352 e. The minimum absolute atomic E-state index is 0.154. The van der Waals surface area contributed by atoms with Crippen molar-refractivity contribution in [3.05, 3.63) is 81.4 Å². The van der Waals surface area contributed by atoms with E-state index in [9.17, 15) is 19.2 Å². The number of amides is 3. The molecule has 0 atom stereocenters. The quantitative estimate of drug-likeness (QED) is 0.421. The smallest absolute Gasteiger partial charge is 0.313 e. The van der Waals surface area contributed by atoms with E-state index in [2.05, 4.69) is 10.3 Å². The van der Waals surface area contributed by atoms with Crippen LogP contribution in [0.15, 0.2) is 71.0 Å². The molecule has 8 nitrogen and oxygen atoms in total. The molecule has 3 amide bonds. The summed E-state index contributed by atoms with van der Waals surface area (Å²) in [5.74, 6) is -0.306. The number of rotatable bonds is 8. The van der Waals surface area contributed by atoms with E-state index in [1.807, 2.05) is 12.1 Å². The summed E-state index contributed by atoms with van der Waals surface area (Å²) in [6, 6.07) is 12.4. The van der Waals surface area contributed by atoms with E-state index in [-0.39, 0.29) is 22.6 Å². The van der Waals surface area contributed by atoms with E-state index in [1.54, 1.807) is 41.9 Å². The maximum absolute atomic E-state index is 12.6. The summed E-state index contributed by atoms with van der Waals surface area (Å²) in [6.45, 7) is 0.753. The summed E-state index contributed by atoms with van der Waals surface area (Å²) in [4.78, 5) is 53.3. The zero-order valence-corrected chi connectivity index (χ0v) is 17.9. The molecular weight excluding hydrogens is 428 g/mol. The van der Waals surface area contributed by atoms with E-state index < -0.39 is 0 Å². The first-order chi connectivity index (χ1) is 15.5. The molecule has 162 valence electrons. The van der Waals surface area contributed by atoms with Gasteiger partial charge in [-0.1, -0.05) is 29.5 Å². The minimum Gasteiger partial charge on any atom is -0.352 e. The van der Waals surface area contributed by atoms with Crippen LogP contribution in [-0.2, 0) is 9.59 Å². The standard InChI is InChI=1S/C23H20N4O4S/c28-20-9-10-21(29)26(20)13-4-3-12-25-22(30)17-7-5-6-16(14-17)18-15-32-23(31)27(18)19-8-1-2-11-24-19/h1-2,5-11,14-15H,3-4,12-13H2,(H,25,30). The molecule has 0 fully saturated rings. The second kappa shape index (κ2) is 9.52. The van der Waals surface area contributed by atoms with Gasteiger partial charge in [0.2, 0.25) is 0 Å². The highest BCUT2D eigenvalue weighted by molar-refractivity contribution is 7.07. The Kier molecular flexibility index (Phi) is 6.37. The van der Waals surface area contributed by atoms with Crippen molar-refractivity contribution in [2.24, 2.45) is 0 Å². The molecule has 1 aliphatic rings. The van der Waals surface area contributed by atoms with Crippen molar-refractivity contribution in [2.45, 2.75) is 12.8 Å². The Morgan fingerprint density at radius 2 is 1.81 bits per heavy atom. The fourth-order valence-electron chi connectivity index (χ4n) is 3.38. The van der Waals surface area contributed by atoms with Gasteiger partial charge >= 0.3 is 4.87 Å². The number of carbonyl (C=O) groups excluding carboxylic acids is 3. The second-order valence-corrected chi connectivity index (χ2v) is 7.94. The zero-order chi connectivity index (χ0) is 22.5. The molecule has 3 aromatic rings. The van der Waals surface area contributed by atoms with Crippen molar-refractivity contribution >= 4 is 29.1 Å². The Hall–Kier alpha value is -3.85. The number of benzene rings is 1. The van der Waals surface area contributed by atoms with Crippen LogP contribution in [0.3, 0.4) is 0 Å². The first-order valence-corrected chi connectivity index (χ1v) is 11.0. The van der Waals surface area contributed by atoms with E-state index in [0.29, 0.717) is 43.0 Å². The number of thiazole rings is 1. The van der Waals surface area contributed by atoms with Crippen LogP contribution in [0.5, 0.6) is 0 Å². The van der Waals surface area contributed by atoms with Gasteiger partial charge in [-0.25, -0.2) is 4.98 Å². The molecule has 1 aliphatic heterocycles. The number of nitrogens with one attached hydrogen (secondary N) is 1. The monoisotopic (exact) mass is 448 g/mol. The van der Waals surface area contributed by atoms with Gasteiger partial charge in [-0.3, -0.25) is 28.6 Å². The Balaban J connectivity index is 1.38. The third kappa shape index (κ3) is 4.57. The van der Waals surface area contributed by atoms with Gasteiger partial charge in [0.25, 0.3) is 17.7 Å². The average molecular weight is 449 g/mol. The van der Waals surface area contributed by atoms with Crippen molar-refractivity contribution in [3.63, 3.8) is 0 Å². The average Bonchev–Trinajstić information content (AvgIpc) is 3.36. The molecule has 9 heteroatoms. The maximum atomic E-state index is 12.6. The molecular formula is C23H20N4O4S. The molecule has 2 aromatic heterocycles. The summed E-state index contributed by atoms with van der Waals surface area (Å²) in [5, 5.41) is 4.61. The lowest BCUT2D eigenvalue weighted by molar-refractivity contribution is -0.136. The SMILES string of the molecule is O=C(NCCCCN1C(=O)C=CC1=O)c1cccc(-c2csc(=O)n2-c2ccccn2)c1. The van der Waals surface area contributed by atoms with Crippen LogP contribution in [0.2, 0.25) is 0 Å². The Morgan fingerprint density at radius 3 is 2.56 bits per heavy atom. The van der Waals surface area contributed by atoms with Gasteiger partial charge in [-0.15, -0.1) is 0 Å². The first kappa shape index (κ1) is 21.4. The van der Waals surface area contributed by atoms with Crippen molar-refractivity contribution in [1.82, 2.24) is 19.8 Å². The highest BCUT2D eigenvalue weighted by atomic mass is 32.1. The number of nitrogens with zero attached hydrogens (tertiary/aromatic N) is 3. The topological polar surface area (TPSA) is 101 Å². The maximum Gasteiger partial charge on any atom is 0.313 e. The molecule has 1 aromatic carbocycles. The number of pyridine rings is 1. The van der Waals surface area contributed by atoms with E-state index in [1.165, 1.54) is 21.6 Å². The van der Waals surface area contributed by atoms with Crippen LogP contribution in [0, 0.1) is 0 Å². The van der Waals surface area contributed by atoms with Gasteiger partial charge in [0, 0.05) is 47.9 Å². The molecule has 0 saturated heterocycles. The number of unbranched alkanes of at least 4 members (excludes halogenated alkanes) is 1. The Bertz CT molecular complexity index is 1230. The van der Waals surface area contributed by atoms with E-state index >= 15 is 0 Å². The van der Waals surface area contributed by atoms with Crippen LogP contribution in [0.1, 0.15) is 23.2 Å². The Labute approximate surface area is 187 Å². The van der Waals surface area contributed by atoms with Gasteiger partial charge in [0.1, 0.15) is 5.82 Å². The molecule has 1 N–H and O–H groups in total.